The minimum Gasteiger partial charge on any atom is -0.423 e. The summed E-state index contributed by atoms with van der Waals surface area (Å²) in [4.78, 5) is 28.6. The van der Waals surface area contributed by atoms with Crippen molar-refractivity contribution in [3.05, 3.63) is 401 Å². The van der Waals surface area contributed by atoms with Gasteiger partial charge in [0.15, 0.2) is 34.9 Å². The Bertz CT molecular complexity index is 6330. The lowest BCUT2D eigenvalue weighted by molar-refractivity contribution is 0.426. The molecule has 0 saturated heterocycles. The van der Waals surface area contributed by atoms with Crippen molar-refractivity contribution in [1.29, 1.82) is 0 Å². The molecular weight excluding hydrogens is 1330 g/mol. The van der Waals surface area contributed by atoms with Gasteiger partial charge in [0.2, 0.25) is 0 Å². The number of hydrogen-bond acceptors (Lipinski definition) is 8. The lowest BCUT2D eigenvalue weighted by Crippen LogP contribution is -2.29. The third kappa shape index (κ3) is 10.3. The van der Waals surface area contributed by atoms with Gasteiger partial charge in [-0.25, -0.2) is 29.9 Å². The van der Waals surface area contributed by atoms with Crippen molar-refractivity contribution in [2.45, 2.75) is 10.8 Å². The zero-order valence-corrected chi connectivity index (χ0v) is 58.4. The number of hydrogen-bond donors (Lipinski definition) is 2. The van der Waals surface area contributed by atoms with Crippen LogP contribution in [0.5, 0.6) is 0 Å². The molecule has 2 heterocycles. The van der Waals surface area contributed by atoms with E-state index in [4.69, 9.17) is 26.6 Å². The molecule has 0 unspecified atom stereocenters. The summed E-state index contributed by atoms with van der Waals surface area (Å²) in [7, 11) is -1.50. The van der Waals surface area contributed by atoms with Crippen molar-refractivity contribution >= 4 is 75.7 Å². The first-order valence-electron chi connectivity index (χ1n) is 35.6. The molecule has 22 rings (SSSR count). The van der Waals surface area contributed by atoms with Gasteiger partial charge in [-0.05, 0) is 145 Å². The van der Waals surface area contributed by atoms with Crippen LogP contribution in [0.1, 0.15) is 44.5 Å². The van der Waals surface area contributed by atoms with E-state index in [0.29, 0.717) is 40.4 Å². The molecule has 2 aromatic heterocycles. The van der Waals surface area contributed by atoms with Crippen LogP contribution in [-0.4, -0.2) is 55.5 Å². The highest BCUT2D eigenvalue weighted by molar-refractivity contribution is 6.58. The maximum absolute atomic E-state index is 9.29. The number of nitrogens with zero attached hydrogens (tertiary/aromatic N) is 6. The normalized spacial score (nSPS) is 12.9. The monoisotopic (exact) mass is 1390 g/mol. The fourth-order valence-electron chi connectivity index (χ4n) is 17.2. The predicted octanol–water partition coefficient (Wildman–Crippen LogP) is 21.0. The van der Waals surface area contributed by atoms with E-state index < -0.39 is 7.12 Å². The second-order valence-electron chi connectivity index (χ2n) is 27.4. The van der Waals surface area contributed by atoms with E-state index in [0.717, 1.165) is 44.0 Å². The molecule has 18 aromatic rings. The number of fused-ring (bicyclic) bond motifs is 14. The second-order valence-corrected chi connectivity index (χ2v) is 27.9. The Morgan fingerprint density at radius 2 is 0.495 bits per heavy atom. The Morgan fingerprint density at radius 3 is 0.850 bits per heavy atom. The van der Waals surface area contributed by atoms with Gasteiger partial charge < -0.3 is 10.0 Å². The van der Waals surface area contributed by atoms with Crippen LogP contribution in [0.3, 0.4) is 0 Å². The van der Waals surface area contributed by atoms with Crippen LogP contribution < -0.4 is 5.46 Å². The maximum Gasteiger partial charge on any atom is 0.488 e. The van der Waals surface area contributed by atoms with Gasteiger partial charge in [0, 0.05) is 46.8 Å². The summed E-state index contributed by atoms with van der Waals surface area (Å²) in [6.07, 6.45) is 0. The van der Waals surface area contributed by atoms with Gasteiger partial charge in [-0.15, -0.1) is 0 Å². The molecule has 0 saturated carbocycles. The van der Waals surface area contributed by atoms with E-state index >= 15 is 0 Å². The zero-order chi connectivity index (χ0) is 70.6. The Balaban J connectivity index is 0.000000118. The van der Waals surface area contributed by atoms with E-state index in [-0.39, 0.29) is 19.2 Å². The highest BCUT2D eigenvalue weighted by Crippen LogP contribution is 2.64. The molecule has 8 nitrogen and oxygen atoms in total. The first-order chi connectivity index (χ1) is 52.3. The first-order valence-corrected chi connectivity index (χ1v) is 36.0. The van der Waals surface area contributed by atoms with E-state index in [9.17, 15) is 10.0 Å². The topological polar surface area (TPSA) is 118 Å². The third-order valence-electron chi connectivity index (χ3n) is 21.8. The van der Waals surface area contributed by atoms with Gasteiger partial charge in [-0.3, -0.25) is 0 Å². The van der Waals surface area contributed by atoms with Gasteiger partial charge >= 0.3 is 7.12 Å². The molecule has 0 amide bonds. The fraction of sp³-hybridized carbons (Fsp3) is 0.0208. The summed E-state index contributed by atoms with van der Waals surface area (Å²) in [6.45, 7) is 0. The van der Waals surface area contributed by atoms with Gasteiger partial charge in [0.1, 0.15) is 0 Å². The molecule has 0 aliphatic heterocycles. The van der Waals surface area contributed by atoms with Crippen molar-refractivity contribution in [2.75, 3.05) is 0 Å². The molecule has 4 aliphatic carbocycles. The van der Waals surface area contributed by atoms with Crippen LogP contribution in [0, 0.1) is 0 Å². The smallest absolute Gasteiger partial charge is 0.423 e. The molecule has 0 atom stereocenters. The molecule has 499 valence electrons. The van der Waals surface area contributed by atoms with E-state index in [1.54, 1.807) is 24.3 Å². The maximum atomic E-state index is 9.29. The van der Waals surface area contributed by atoms with Crippen LogP contribution in [-0.2, 0) is 10.8 Å². The largest absolute Gasteiger partial charge is 0.488 e. The van der Waals surface area contributed by atoms with Gasteiger partial charge in [0.05, 0.1) is 10.8 Å². The Hall–Kier alpha value is -13.1. The van der Waals surface area contributed by atoms with Crippen molar-refractivity contribution in [1.82, 2.24) is 29.9 Å². The highest BCUT2D eigenvalue weighted by Gasteiger charge is 2.52. The molecule has 11 heteroatoms. The number of halogens is 1. The van der Waals surface area contributed by atoms with Crippen LogP contribution in [0.15, 0.2) is 352 Å². The Labute approximate surface area is 625 Å². The van der Waals surface area contributed by atoms with Gasteiger partial charge in [-0.2, -0.15) is 0 Å². The third-order valence-corrected chi connectivity index (χ3v) is 22.0. The van der Waals surface area contributed by atoms with Crippen LogP contribution in [0.2, 0.25) is 5.02 Å². The summed E-state index contributed by atoms with van der Waals surface area (Å²) in [5.41, 5.74) is 23.7. The van der Waals surface area contributed by atoms with Crippen molar-refractivity contribution < 1.29 is 10.0 Å². The molecule has 2 N–H and O–H groups in total. The molecule has 16 aromatic carbocycles. The quantitative estimate of drug-likeness (QED) is 0.114. The molecule has 2 spiro atoms. The van der Waals surface area contributed by atoms with Gasteiger partial charge in [-0.1, -0.05) is 345 Å². The van der Waals surface area contributed by atoms with Crippen LogP contribution >= 0.6 is 11.6 Å². The average Bonchev–Trinajstić information content (AvgIpc) is 1.51. The lowest BCUT2D eigenvalue weighted by Gasteiger charge is -2.30. The Morgan fingerprint density at radius 1 is 0.224 bits per heavy atom. The summed E-state index contributed by atoms with van der Waals surface area (Å²) in [5.74, 6) is 3.69. The molecule has 4 aliphatic rings. The molecular formula is C96H60B2ClN6O2. The molecule has 0 bridgehead atoms. The summed E-state index contributed by atoms with van der Waals surface area (Å²) < 4.78 is 0. The van der Waals surface area contributed by atoms with Crippen molar-refractivity contribution in [3.8, 4) is 102 Å². The number of rotatable bonds is 8. The number of aromatic nitrogens is 6. The lowest BCUT2D eigenvalue weighted by atomic mass is 9.70. The van der Waals surface area contributed by atoms with E-state index in [1.807, 2.05) is 127 Å². The molecule has 0 fully saturated rings. The van der Waals surface area contributed by atoms with Crippen LogP contribution in [0.25, 0.3) is 145 Å². The first kappa shape index (κ1) is 64.7. The average molecular weight is 1390 g/mol. The minimum absolute atomic E-state index is 0. The van der Waals surface area contributed by atoms with E-state index in [2.05, 4.69) is 215 Å². The Kier molecular flexibility index (Phi) is 15.7. The second kappa shape index (κ2) is 26.0. The summed E-state index contributed by atoms with van der Waals surface area (Å²) >= 11 is 6.44. The molecule has 107 heavy (non-hydrogen) atoms. The zero-order valence-electron chi connectivity index (χ0n) is 57.6. The fourth-order valence-corrected chi connectivity index (χ4v) is 17.4. The van der Waals surface area contributed by atoms with Crippen molar-refractivity contribution in [2.24, 2.45) is 0 Å². The van der Waals surface area contributed by atoms with Crippen molar-refractivity contribution in [3.63, 3.8) is 0 Å². The SMILES string of the molecule is Clc1ccc2c(c1)-c1ccccc1C21c2cccc3ccc4cccc1c4c23.OB(O)c1ccc(-c2nc(-c3ccccc3)nc(-c3ccccc3)n2)cc1.[B].c1ccc(-c2nc(-c3ccccc3)nc(-c3ccc(-c4ccc5c(c4)-c4ccccc4C54c5cccc6ccc7cccc4c7c56)cc3)n2)cc1. The summed E-state index contributed by atoms with van der Waals surface area (Å²) in [6, 6.07) is 123. The summed E-state index contributed by atoms with van der Waals surface area (Å²) in [5, 5.41) is 30.2. The van der Waals surface area contributed by atoms with Crippen LogP contribution in [0.4, 0.5) is 0 Å². The highest BCUT2D eigenvalue weighted by atomic mass is 35.5. The number of benzene rings is 16. The minimum atomic E-state index is -1.50. The standard InChI is InChI=1S/C48H29N3.C27H15Cl.C21H16BN3O2.B/c1-3-11-33(12-4-1)45-49-46(34-13-5-2-6-14-34)51-47(50-45)35-25-21-30(22-26-35)36-27-28-40-38(29-36)37-17-7-8-18-39(37)48(40)41-19-9-15-31-23-24-32-16-10-20-42(48)44(32)43(31)41;28-18-13-14-22-20(15-18)19-7-1-2-8-21(19)27(22)23-9-3-5-16-11-12-17-6-4-10-24(27)26(17)25(16)23;26-22(27)18-13-11-17(12-14-18)21-24-19(15-7-3-1-4-8-15)23-20(25-21)16-9-5-2-6-10-16;/h1-29H;1-15H;1-14,26-27H;. The van der Waals surface area contributed by atoms with E-state index in [1.165, 1.54) is 115 Å². The predicted molar refractivity (Wildman–Crippen MR) is 436 cm³/mol. The molecule has 3 radical (unpaired) electrons. The van der Waals surface area contributed by atoms with Gasteiger partial charge in [0.25, 0.3) is 0 Å².